The predicted octanol–water partition coefficient (Wildman–Crippen LogP) is 3.49. The number of benzene rings is 2. The number of carbonyl (C=O) groups excluding carboxylic acids is 1. The third kappa shape index (κ3) is 4.50. The van der Waals surface area contributed by atoms with Gasteiger partial charge in [-0.15, -0.1) is 11.3 Å². The van der Waals surface area contributed by atoms with Gasteiger partial charge in [-0.05, 0) is 43.7 Å². The molecule has 2 aliphatic heterocycles. The molecule has 0 radical (unpaired) electrons. The topological polar surface area (TPSA) is 112 Å². The second kappa shape index (κ2) is 10.0. The first-order valence-electron chi connectivity index (χ1n) is 11.7. The number of nitrogens with zero attached hydrogens (tertiary/aromatic N) is 4. The van der Waals surface area contributed by atoms with E-state index in [9.17, 15) is 22.6 Å². The number of para-hydroxylation sites is 1. The van der Waals surface area contributed by atoms with Crippen LogP contribution in [0, 0.1) is 0 Å². The fourth-order valence-corrected chi connectivity index (χ4v) is 7.69. The zero-order valence-electron chi connectivity index (χ0n) is 20.6. The second-order valence-corrected chi connectivity index (χ2v) is 12.6. The molecule has 0 unspecified atom stereocenters. The average molecular weight is 591 g/mol. The minimum absolute atomic E-state index is 0.0705. The molecule has 0 fully saturated rings. The van der Waals surface area contributed by atoms with Crippen LogP contribution in [0.5, 0.6) is 0 Å². The van der Waals surface area contributed by atoms with Gasteiger partial charge in [-0.2, -0.15) is 18.5 Å². The Morgan fingerprint density at radius 2 is 1.84 bits per heavy atom. The van der Waals surface area contributed by atoms with E-state index in [0.29, 0.717) is 21.5 Å². The quantitative estimate of drug-likeness (QED) is 0.453. The maximum atomic E-state index is 13.7. The number of thioether (sulfide) groups is 1. The molecule has 3 heterocycles. The van der Waals surface area contributed by atoms with Crippen LogP contribution in [0.3, 0.4) is 0 Å². The molecular weight excluding hydrogens is 568 g/mol. The van der Waals surface area contributed by atoms with Crippen LogP contribution in [0.25, 0.3) is 10.6 Å². The van der Waals surface area contributed by atoms with Crippen molar-refractivity contribution in [2.24, 2.45) is 5.10 Å². The molecule has 13 heteroatoms. The van der Waals surface area contributed by atoms with Crippen molar-refractivity contribution in [2.45, 2.75) is 43.0 Å². The molecule has 0 saturated heterocycles. The molecule has 1 N–H and O–H groups in total. The van der Waals surface area contributed by atoms with Gasteiger partial charge in [-0.25, -0.2) is 0 Å². The standard InChI is InChI=1S/C25H23ClN4O5S3/c1-4-5-12-29-23(32)21(25-28(3)18-8-6-7-9-19(18)36-25)37-24(29)20-14(2)27-30(22(20)31)17-11-10-15(13-16(17)26)38(33,34)35/h6-11,13H,4-5,12H2,1-3H3,(H,33,34,35). The first kappa shape index (κ1) is 26.7. The molecule has 1 amide bonds. The molecule has 0 bridgehead atoms. The Morgan fingerprint density at radius 3 is 2.50 bits per heavy atom. The summed E-state index contributed by atoms with van der Waals surface area (Å²) in [6.07, 6.45) is 1.62. The van der Waals surface area contributed by atoms with Crippen molar-refractivity contribution in [3.63, 3.8) is 0 Å². The van der Waals surface area contributed by atoms with Gasteiger partial charge in [-0.1, -0.05) is 48.8 Å². The monoisotopic (exact) mass is 590 g/mol. The second-order valence-electron chi connectivity index (χ2n) is 8.75. The largest absolute Gasteiger partial charge is 0.337 e. The van der Waals surface area contributed by atoms with Crippen LogP contribution >= 0.6 is 34.7 Å². The van der Waals surface area contributed by atoms with Gasteiger partial charge in [0, 0.05) is 18.5 Å². The summed E-state index contributed by atoms with van der Waals surface area (Å²) in [6.45, 7) is 4.16. The van der Waals surface area contributed by atoms with Crippen molar-refractivity contribution < 1.29 is 17.8 Å². The van der Waals surface area contributed by atoms with Crippen LogP contribution in [-0.2, 0) is 21.5 Å². The molecule has 3 aromatic rings. The van der Waals surface area contributed by atoms with Gasteiger partial charge in [-0.3, -0.25) is 18.7 Å². The molecule has 0 atom stereocenters. The van der Waals surface area contributed by atoms with E-state index < -0.39 is 20.9 Å². The minimum atomic E-state index is -4.47. The summed E-state index contributed by atoms with van der Waals surface area (Å²) in [4.78, 5) is 30.0. The number of fused-ring (bicyclic) bond motifs is 1. The van der Waals surface area contributed by atoms with Crippen LogP contribution in [0.1, 0.15) is 26.7 Å². The van der Waals surface area contributed by atoms with Gasteiger partial charge >= 0.3 is 0 Å². The van der Waals surface area contributed by atoms with Crippen LogP contribution in [-0.4, -0.2) is 36.2 Å². The van der Waals surface area contributed by atoms with Crippen LogP contribution < -0.4 is 24.7 Å². The maximum Gasteiger partial charge on any atom is 0.294 e. The number of unbranched alkanes of at least 4 members (excludes halogenated alkanes) is 1. The van der Waals surface area contributed by atoms with Crippen molar-refractivity contribution in [1.82, 2.24) is 4.57 Å². The number of anilines is 2. The number of hydrogen-bond acceptors (Lipinski definition) is 8. The van der Waals surface area contributed by atoms with E-state index in [1.54, 1.807) is 11.5 Å². The normalized spacial score (nSPS) is 18.3. The van der Waals surface area contributed by atoms with Gasteiger partial charge in [0.15, 0.2) is 0 Å². The highest BCUT2D eigenvalue weighted by molar-refractivity contribution is 8.08. The lowest BCUT2D eigenvalue weighted by Crippen LogP contribution is -2.35. The molecule has 0 aliphatic carbocycles. The summed E-state index contributed by atoms with van der Waals surface area (Å²) in [6, 6.07) is 11.4. The van der Waals surface area contributed by atoms with Gasteiger partial charge in [0.25, 0.3) is 21.6 Å². The summed E-state index contributed by atoms with van der Waals surface area (Å²) >= 11 is 9.07. The number of halogens is 1. The van der Waals surface area contributed by atoms with E-state index in [4.69, 9.17) is 11.6 Å². The summed E-state index contributed by atoms with van der Waals surface area (Å²) in [5.41, 5.74) is 1.70. The lowest BCUT2D eigenvalue weighted by Gasteiger charge is -2.14. The summed E-state index contributed by atoms with van der Waals surface area (Å²) in [5.74, 6) is -0.484. The van der Waals surface area contributed by atoms with E-state index >= 15 is 0 Å². The van der Waals surface area contributed by atoms with E-state index in [0.717, 1.165) is 45.6 Å². The predicted molar refractivity (Wildman–Crippen MR) is 152 cm³/mol. The molecular formula is C25H23ClN4O5S3. The van der Waals surface area contributed by atoms with Crippen molar-refractivity contribution in [1.29, 1.82) is 0 Å². The Balaban J connectivity index is 1.69. The fourth-order valence-electron chi connectivity index (χ4n) is 4.29. The third-order valence-electron chi connectivity index (χ3n) is 6.23. The van der Waals surface area contributed by atoms with E-state index in [-0.39, 0.29) is 21.8 Å². The van der Waals surface area contributed by atoms with Crippen LogP contribution in [0.4, 0.5) is 11.4 Å². The molecule has 2 aliphatic rings. The lowest BCUT2D eigenvalue weighted by molar-refractivity contribution is -0.112. The van der Waals surface area contributed by atoms with Crippen molar-refractivity contribution >= 4 is 78.4 Å². The zero-order valence-corrected chi connectivity index (χ0v) is 23.8. The first-order valence-corrected chi connectivity index (χ1v) is 15.1. The maximum absolute atomic E-state index is 13.7. The molecule has 5 rings (SSSR count). The van der Waals surface area contributed by atoms with Crippen molar-refractivity contribution in [2.75, 3.05) is 17.0 Å². The van der Waals surface area contributed by atoms with Crippen LogP contribution in [0.15, 0.2) is 62.2 Å². The van der Waals surface area contributed by atoms with E-state index in [1.807, 2.05) is 43.1 Å². The van der Waals surface area contributed by atoms with Crippen LogP contribution in [0.2, 0.25) is 5.02 Å². The SMILES string of the molecule is CCCCn1c(=C2C(=O)N(c3ccc(S(=O)(=O)O)cc3Cl)N=C2C)sc(=C2Sc3ccccc3N2C)c1=O. The smallest absolute Gasteiger partial charge is 0.294 e. The third-order valence-corrected chi connectivity index (χ3v) is 9.94. The van der Waals surface area contributed by atoms with Crippen molar-refractivity contribution in [3.05, 3.63) is 67.0 Å². The number of aromatic nitrogens is 1. The Labute approximate surface area is 232 Å². The Hall–Kier alpha value is -2.90. The zero-order chi connectivity index (χ0) is 27.4. The van der Waals surface area contributed by atoms with Gasteiger partial charge < -0.3 is 4.90 Å². The van der Waals surface area contributed by atoms with E-state index in [2.05, 4.69) is 5.10 Å². The van der Waals surface area contributed by atoms with Gasteiger partial charge in [0.2, 0.25) is 0 Å². The molecule has 1 aromatic heterocycles. The highest BCUT2D eigenvalue weighted by atomic mass is 35.5. The lowest BCUT2D eigenvalue weighted by atomic mass is 10.2. The molecule has 0 saturated carbocycles. The molecule has 0 spiro atoms. The number of carbonyl (C=O) groups is 1. The highest BCUT2D eigenvalue weighted by Crippen LogP contribution is 2.45. The average Bonchev–Trinajstić information content (AvgIpc) is 3.47. The number of rotatable bonds is 5. The highest BCUT2D eigenvalue weighted by Gasteiger charge is 2.33. The Morgan fingerprint density at radius 1 is 1.11 bits per heavy atom. The van der Waals surface area contributed by atoms with Gasteiger partial charge in [0.1, 0.15) is 14.2 Å². The van der Waals surface area contributed by atoms with E-state index in [1.165, 1.54) is 29.2 Å². The minimum Gasteiger partial charge on any atom is -0.337 e. The summed E-state index contributed by atoms with van der Waals surface area (Å²) in [5, 5.41) is 6.22. The number of hydrazone groups is 1. The molecule has 38 heavy (non-hydrogen) atoms. The fraction of sp³-hybridized carbons (Fsp3) is 0.240. The Kier molecular flexibility index (Phi) is 7.03. The number of amides is 1. The summed E-state index contributed by atoms with van der Waals surface area (Å²) in [7, 11) is -2.55. The molecule has 9 nitrogen and oxygen atoms in total. The summed E-state index contributed by atoms with van der Waals surface area (Å²) < 4.78 is 35.0. The van der Waals surface area contributed by atoms with Crippen molar-refractivity contribution in [3.8, 4) is 0 Å². The first-order chi connectivity index (χ1) is 18.0. The molecule has 2 aromatic carbocycles. The number of hydrogen-bond donors (Lipinski definition) is 1. The Bertz CT molecular complexity index is 1810. The molecule has 198 valence electrons. The number of thiazole rings is 1. The van der Waals surface area contributed by atoms with Gasteiger partial charge in [0.05, 0.1) is 32.6 Å².